The highest BCUT2D eigenvalue weighted by atomic mass is 32.1. The molecule has 0 bridgehead atoms. The van der Waals surface area contributed by atoms with Crippen LogP contribution in [0.5, 0.6) is 5.75 Å². The summed E-state index contributed by atoms with van der Waals surface area (Å²) in [6, 6.07) is 9.39. The summed E-state index contributed by atoms with van der Waals surface area (Å²) < 4.78 is 5.67. The number of anilines is 1. The van der Waals surface area contributed by atoms with Gasteiger partial charge < -0.3 is 10.1 Å². The molecule has 1 aromatic heterocycles. The van der Waals surface area contributed by atoms with Crippen molar-refractivity contribution < 1.29 is 9.53 Å². The number of hydrogen-bond acceptors (Lipinski definition) is 4. The summed E-state index contributed by atoms with van der Waals surface area (Å²) in [5.41, 5.74) is 2.32. The van der Waals surface area contributed by atoms with Gasteiger partial charge in [0.2, 0.25) is 0 Å². The van der Waals surface area contributed by atoms with Crippen LogP contribution in [0.3, 0.4) is 0 Å². The minimum absolute atomic E-state index is 0.190. The van der Waals surface area contributed by atoms with Crippen molar-refractivity contribution in [1.29, 1.82) is 5.26 Å². The Morgan fingerprint density at radius 1 is 1.32 bits per heavy atom. The highest BCUT2D eigenvalue weighted by molar-refractivity contribution is 7.16. The number of carbonyl (C=O) groups excluding carboxylic acids is 1. The Morgan fingerprint density at radius 2 is 2.08 bits per heavy atom. The van der Waals surface area contributed by atoms with Crippen molar-refractivity contribution in [1.82, 2.24) is 0 Å². The second kappa shape index (κ2) is 7.71. The van der Waals surface area contributed by atoms with E-state index in [1.165, 1.54) is 16.2 Å². The molecule has 3 rings (SSSR count). The lowest BCUT2D eigenvalue weighted by molar-refractivity contribution is 0.102. The Kier molecular flexibility index (Phi) is 5.40. The molecule has 0 saturated carbocycles. The number of nitrogens with zero attached hydrogens (tertiary/aromatic N) is 1. The highest BCUT2D eigenvalue weighted by Gasteiger charge is 2.23. The molecule has 1 amide bonds. The fraction of sp³-hybridized carbons (Fsp3) is 0.400. The first-order chi connectivity index (χ1) is 12.1. The van der Waals surface area contributed by atoms with Crippen LogP contribution in [0.25, 0.3) is 0 Å². The number of fused-ring (bicyclic) bond motifs is 1. The zero-order valence-corrected chi connectivity index (χ0v) is 15.4. The second-order valence-electron chi connectivity index (χ2n) is 6.68. The summed E-state index contributed by atoms with van der Waals surface area (Å²) in [5, 5.41) is 13.0. The molecule has 4 nitrogen and oxygen atoms in total. The first-order valence-corrected chi connectivity index (χ1v) is 9.49. The normalized spacial score (nSPS) is 12.7. The Labute approximate surface area is 152 Å². The molecule has 0 unspecified atom stereocenters. The molecule has 25 heavy (non-hydrogen) atoms. The summed E-state index contributed by atoms with van der Waals surface area (Å²) >= 11 is 1.53. The Bertz CT molecular complexity index is 800. The van der Waals surface area contributed by atoms with E-state index in [1.807, 2.05) is 12.1 Å². The molecule has 1 N–H and O–H groups in total. The average molecular weight is 354 g/mol. The fourth-order valence-corrected chi connectivity index (χ4v) is 4.14. The summed E-state index contributed by atoms with van der Waals surface area (Å²) in [4.78, 5) is 13.7. The molecule has 5 heteroatoms. The van der Waals surface area contributed by atoms with E-state index in [4.69, 9.17) is 4.74 Å². The van der Waals surface area contributed by atoms with Gasteiger partial charge in [0.15, 0.2) is 0 Å². The number of rotatable bonds is 6. The average Bonchev–Trinajstić information content (AvgIpc) is 3.15. The number of amides is 1. The number of aryl methyl sites for hydroxylation is 1. The molecule has 1 aromatic carbocycles. The molecule has 0 radical (unpaired) electrons. The van der Waals surface area contributed by atoms with Gasteiger partial charge in [0.1, 0.15) is 16.8 Å². The first kappa shape index (κ1) is 17.5. The third kappa shape index (κ3) is 4.02. The predicted molar refractivity (Wildman–Crippen MR) is 100 cm³/mol. The van der Waals surface area contributed by atoms with Crippen molar-refractivity contribution in [2.24, 2.45) is 5.92 Å². The predicted octanol–water partition coefficient (Wildman–Crippen LogP) is 4.79. The molecule has 1 heterocycles. The second-order valence-corrected chi connectivity index (χ2v) is 7.79. The number of benzene rings is 1. The number of carbonyl (C=O) groups is 1. The van der Waals surface area contributed by atoms with Gasteiger partial charge in [0.25, 0.3) is 5.91 Å². The van der Waals surface area contributed by atoms with Crippen LogP contribution in [-0.2, 0) is 12.8 Å². The molecule has 0 spiro atoms. The Balaban J connectivity index is 1.65. The molecule has 0 saturated heterocycles. The van der Waals surface area contributed by atoms with Crippen LogP contribution >= 0.6 is 11.3 Å². The van der Waals surface area contributed by atoms with E-state index >= 15 is 0 Å². The fourth-order valence-electron chi connectivity index (χ4n) is 2.90. The highest BCUT2D eigenvalue weighted by Crippen LogP contribution is 2.38. The van der Waals surface area contributed by atoms with E-state index in [1.54, 1.807) is 12.1 Å². The zero-order valence-electron chi connectivity index (χ0n) is 14.6. The number of nitriles is 1. The molecule has 0 fully saturated rings. The van der Waals surface area contributed by atoms with E-state index in [0.717, 1.165) is 37.0 Å². The minimum atomic E-state index is -0.190. The maximum atomic E-state index is 12.5. The summed E-state index contributed by atoms with van der Waals surface area (Å²) in [5.74, 6) is 1.18. The van der Waals surface area contributed by atoms with Gasteiger partial charge in [-0.15, -0.1) is 11.3 Å². The van der Waals surface area contributed by atoms with Gasteiger partial charge in [-0.2, -0.15) is 5.26 Å². The van der Waals surface area contributed by atoms with Crippen molar-refractivity contribution in [3.05, 3.63) is 45.8 Å². The van der Waals surface area contributed by atoms with Gasteiger partial charge in [0, 0.05) is 10.4 Å². The quantitative estimate of drug-likeness (QED) is 0.811. The van der Waals surface area contributed by atoms with Crippen LogP contribution in [0.4, 0.5) is 5.00 Å². The number of hydrogen-bond donors (Lipinski definition) is 1. The Hall–Kier alpha value is -2.32. The third-order valence-electron chi connectivity index (χ3n) is 4.34. The van der Waals surface area contributed by atoms with E-state index in [0.29, 0.717) is 28.7 Å². The molecule has 1 aliphatic rings. The molecular weight excluding hydrogens is 332 g/mol. The molecule has 1 aliphatic carbocycles. The van der Waals surface area contributed by atoms with Gasteiger partial charge in [-0.05, 0) is 61.4 Å². The monoisotopic (exact) mass is 354 g/mol. The molecular formula is C20H22N2O2S. The van der Waals surface area contributed by atoms with Gasteiger partial charge in [0.05, 0.1) is 12.2 Å². The van der Waals surface area contributed by atoms with Crippen LogP contribution < -0.4 is 10.1 Å². The van der Waals surface area contributed by atoms with E-state index in [-0.39, 0.29) is 5.91 Å². The summed E-state index contributed by atoms with van der Waals surface area (Å²) in [6.45, 7) is 5.00. The van der Waals surface area contributed by atoms with Crippen LogP contribution in [0.15, 0.2) is 24.3 Å². The lowest BCUT2D eigenvalue weighted by Crippen LogP contribution is -2.12. The molecule has 0 aliphatic heterocycles. The van der Waals surface area contributed by atoms with Crippen LogP contribution in [0, 0.1) is 17.2 Å². The minimum Gasteiger partial charge on any atom is -0.494 e. The summed E-state index contributed by atoms with van der Waals surface area (Å²) in [6.07, 6.45) is 4.05. The van der Waals surface area contributed by atoms with Crippen molar-refractivity contribution in [2.75, 3.05) is 11.9 Å². The first-order valence-electron chi connectivity index (χ1n) is 8.67. The van der Waals surface area contributed by atoms with Crippen molar-refractivity contribution in [3.63, 3.8) is 0 Å². The smallest absolute Gasteiger partial charge is 0.256 e. The van der Waals surface area contributed by atoms with E-state index in [9.17, 15) is 10.1 Å². The van der Waals surface area contributed by atoms with Gasteiger partial charge in [-0.1, -0.05) is 13.8 Å². The molecule has 0 atom stereocenters. The number of nitrogens with one attached hydrogen (secondary N) is 1. The lowest BCUT2D eigenvalue weighted by Gasteiger charge is -2.09. The molecule has 2 aromatic rings. The van der Waals surface area contributed by atoms with Crippen molar-refractivity contribution in [3.8, 4) is 11.8 Å². The van der Waals surface area contributed by atoms with Gasteiger partial charge >= 0.3 is 0 Å². The topological polar surface area (TPSA) is 62.1 Å². The van der Waals surface area contributed by atoms with Crippen LogP contribution in [0.1, 0.15) is 53.1 Å². The van der Waals surface area contributed by atoms with Crippen LogP contribution in [-0.4, -0.2) is 12.5 Å². The SMILES string of the molecule is CC(C)CCOc1ccc(C(=O)Nc2sc3c(c2C#N)CCC3)cc1. The maximum absolute atomic E-state index is 12.5. The maximum Gasteiger partial charge on any atom is 0.256 e. The number of ether oxygens (including phenoxy) is 1. The van der Waals surface area contributed by atoms with Crippen LogP contribution in [0.2, 0.25) is 0 Å². The van der Waals surface area contributed by atoms with Gasteiger partial charge in [-0.3, -0.25) is 4.79 Å². The molecule has 130 valence electrons. The van der Waals surface area contributed by atoms with E-state index < -0.39 is 0 Å². The van der Waals surface area contributed by atoms with Gasteiger partial charge in [-0.25, -0.2) is 0 Å². The number of thiophene rings is 1. The Morgan fingerprint density at radius 3 is 2.76 bits per heavy atom. The standard InChI is InChI=1S/C20H22N2O2S/c1-13(2)10-11-24-15-8-6-14(7-9-15)19(23)22-20-17(12-21)16-4-3-5-18(16)25-20/h6-9,13H,3-5,10-11H2,1-2H3,(H,22,23). The van der Waals surface area contributed by atoms with Crippen molar-refractivity contribution in [2.45, 2.75) is 39.5 Å². The largest absolute Gasteiger partial charge is 0.494 e. The summed E-state index contributed by atoms with van der Waals surface area (Å²) in [7, 11) is 0. The lowest BCUT2D eigenvalue weighted by atomic mass is 10.1. The third-order valence-corrected chi connectivity index (χ3v) is 5.55. The zero-order chi connectivity index (χ0) is 17.8. The van der Waals surface area contributed by atoms with Crippen molar-refractivity contribution >= 4 is 22.2 Å². The van der Waals surface area contributed by atoms with E-state index in [2.05, 4.69) is 25.2 Å².